The van der Waals surface area contributed by atoms with Crippen molar-refractivity contribution in [1.82, 2.24) is 5.43 Å². The number of benzene rings is 1. The monoisotopic (exact) mass is 322 g/mol. The molecule has 0 unspecified atom stereocenters. The van der Waals surface area contributed by atoms with E-state index in [1.165, 1.54) is 19.6 Å². The molecule has 0 radical (unpaired) electrons. The SMILES string of the molecule is CCOc1c(Cl)cc(/C=N/NC(=O)c2ccco2)cc1OC. The normalized spacial score (nSPS) is 10.7. The van der Waals surface area contributed by atoms with Crippen LogP contribution >= 0.6 is 11.6 Å². The van der Waals surface area contributed by atoms with E-state index in [2.05, 4.69) is 10.5 Å². The number of nitrogens with zero attached hydrogens (tertiary/aromatic N) is 1. The van der Waals surface area contributed by atoms with Crippen LogP contribution in [0.1, 0.15) is 23.0 Å². The summed E-state index contributed by atoms with van der Waals surface area (Å²) >= 11 is 6.15. The number of amides is 1. The van der Waals surface area contributed by atoms with E-state index in [-0.39, 0.29) is 5.76 Å². The summed E-state index contributed by atoms with van der Waals surface area (Å²) in [5.41, 5.74) is 3.01. The van der Waals surface area contributed by atoms with Gasteiger partial charge in [-0.1, -0.05) is 11.6 Å². The molecule has 1 N–H and O–H groups in total. The number of methoxy groups -OCH3 is 1. The Labute approximate surface area is 132 Å². The molecule has 0 atom stereocenters. The minimum absolute atomic E-state index is 0.180. The summed E-state index contributed by atoms with van der Waals surface area (Å²) in [6.07, 6.45) is 2.86. The maximum atomic E-state index is 11.6. The van der Waals surface area contributed by atoms with E-state index in [4.69, 9.17) is 25.5 Å². The van der Waals surface area contributed by atoms with E-state index >= 15 is 0 Å². The largest absolute Gasteiger partial charge is 0.493 e. The van der Waals surface area contributed by atoms with Crippen molar-refractivity contribution in [2.75, 3.05) is 13.7 Å². The molecule has 1 heterocycles. The maximum absolute atomic E-state index is 11.6. The van der Waals surface area contributed by atoms with Crippen molar-refractivity contribution in [2.45, 2.75) is 6.92 Å². The van der Waals surface area contributed by atoms with Crippen molar-refractivity contribution in [3.8, 4) is 11.5 Å². The van der Waals surface area contributed by atoms with Gasteiger partial charge >= 0.3 is 5.91 Å². The Morgan fingerprint density at radius 1 is 1.50 bits per heavy atom. The Hall–Kier alpha value is -2.47. The molecule has 6 nitrogen and oxygen atoms in total. The summed E-state index contributed by atoms with van der Waals surface area (Å²) < 4.78 is 15.6. The zero-order valence-electron chi connectivity index (χ0n) is 12.1. The topological polar surface area (TPSA) is 73.1 Å². The quantitative estimate of drug-likeness (QED) is 0.655. The van der Waals surface area contributed by atoms with Gasteiger partial charge in [0.25, 0.3) is 0 Å². The van der Waals surface area contributed by atoms with Gasteiger partial charge in [-0.25, -0.2) is 5.43 Å². The van der Waals surface area contributed by atoms with E-state index in [1.54, 1.807) is 24.3 Å². The average Bonchev–Trinajstić information content (AvgIpc) is 3.04. The van der Waals surface area contributed by atoms with Crippen LogP contribution in [0.2, 0.25) is 5.02 Å². The molecule has 1 aromatic carbocycles. The van der Waals surface area contributed by atoms with E-state index in [9.17, 15) is 4.79 Å². The first kappa shape index (κ1) is 15.9. The predicted octanol–water partition coefficient (Wildman–Crippen LogP) is 3.10. The smallest absolute Gasteiger partial charge is 0.307 e. The van der Waals surface area contributed by atoms with Gasteiger partial charge < -0.3 is 13.9 Å². The van der Waals surface area contributed by atoms with Crippen molar-refractivity contribution in [1.29, 1.82) is 0 Å². The summed E-state index contributed by atoms with van der Waals surface area (Å²) in [6, 6.07) is 6.54. The van der Waals surface area contributed by atoms with Gasteiger partial charge in [0, 0.05) is 0 Å². The molecule has 116 valence electrons. The fraction of sp³-hybridized carbons (Fsp3) is 0.200. The Morgan fingerprint density at radius 2 is 2.32 bits per heavy atom. The van der Waals surface area contributed by atoms with Gasteiger partial charge in [-0.2, -0.15) is 5.10 Å². The van der Waals surface area contributed by atoms with Gasteiger partial charge in [0.1, 0.15) is 0 Å². The standard InChI is InChI=1S/C15H15ClN2O4/c1-3-21-14-11(16)7-10(8-13(14)20-2)9-17-18-15(19)12-5-4-6-22-12/h4-9H,3H2,1-2H3,(H,18,19)/b17-9+. The Bertz CT molecular complexity index is 668. The van der Waals surface area contributed by atoms with Gasteiger partial charge in [0.05, 0.1) is 31.2 Å². The number of nitrogens with one attached hydrogen (secondary N) is 1. The highest BCUT2D eigenvalue weighted by molar-refractivity contribution is 6.32. The number of hydrogen-bond donors (Lipinski definition) is 1. The lowest BCUT2D eigenvalue weighted by Gasteiger charge is -2.11. The third-order valence-corrected chi connectivity index (χ3v) is 2.95. The zero-order valence-corrected chi connectivity index (χ0v) is 12.9. The highest BCUT2D eigenvalue weighted by Crippen LogP contribution is 2.35. The summed E-state index contributed by atoms with van der Waals surface area (Å²) in [7, 11) is 1.52. The second-order valence-electron chi connectivity index (χ2n) is 4.14. The molecule has 1 aromatic heterocycles. The molecule has 1 amide bonds. The molecule has 0 aliphatic heterocycles. The maximum Gasteiger partial charge on any atom is 0.307 e. The molecule has 7 heteroatoms. The molecule has 0 saturated heterocycles. The van der Waals surface area contributed by atoms with Crippen LogP contribution < -0.4 is 14.9 Å². The number of hydrogen-bond acceptors (Lipinski definition) is 5. The van der Waals surface area contributed by atoms with Crippen molar-refractivity contribution < 1.29 is 18.7 Å². The Balaban J connectivity index is 2.11. The zero-order chi connectivity index (χ0) is 15.9. The Morgan fingerprint density at radius 3 is 2.95 bits per heavy atom. The number of rotatable bonds is 6. The molecule has 2 aromatic rings. The van der Waals surface area contributed by atoms with Crippen LogP contribution in [-0.4, -0.2) is 25.8 Å². The molecule has 0 fully saturated rings. The molecular formula is C15H15ClN2O4. The highest BCUT2D eigenvalue weighted by Gasteiger charge is 2.11. The van der Waals surface area contributed by atoms with Gasteiger partial charge in [0.15, 0.2) is 17.3 Å². The summed E-state index contributed by atoms with van der Waals surface area (Å²) in [5, 5.41) is 4.25. The lowest BCUT2D eigenvalue weighted by atomic mass is 10.2. The Kier molecular flexibility index (Phi) is 5.43. The van der Waals surface area contributed by atoms with E-state index < -0.39 is 5.91 Å². The number of carbonyl (C=O) groups excluding carboxylic acids is 1. The van der Waals surface area contributed by atoms with Gasteiger partial charge in [0.2, 0.25) is 0 Å². The molecule has 0 bridgehead atoms. The summed E-state index contributed by atoms with van der Waals surface area (Å²) in [5.74, 6) is 0.710. The molecule has 22 heavy (non-hydrogen) atoms. The van der Waals surface area contributed by atoms with Crippen LogP contribution in [0.5, 0.6) is 11.5 Å². The number of hydrazone groups is 1. The van der Waals surface area contributed by atoms with Crippen LogP contribution in [0, 0.1) is 0 Å². The number of halogens is 1. The second-order valence-corrected chi connectivity index (χ2v) is 4.55. The van der Waals surface area contributed by atoms with Crippen molar-refractivity contribution in [3.63, 3.8) is 0 Å². The van der Waals surface area contributed by atoms with E-state index in [1.807, 2.05) is 6.92 Å². The van der Waals surface area contributed by atoms with E-state index in [0.29, 0.717) is 28.7 Å². The fourth-order valence-electron chi connectivity index (χ4n) is 1.73. The lowest BCUT2D eigenvalue weighted by molar-refractivity contribution is 0.0927. The minimum atomic E-state index is -0.440. The second kappa shape index (κ2) is 7.51. The highest BCUT2D eigenvalue weighted by atomic mass is 35.5. The van der Waals surface area contributed by atoms with Crippen molar-refractivity contribution in [3.05, 3.63) is 46.9 Å². The summed E-state index contributed by atoms with van der Waals surface area (Å²) in [6.45, 7) is 2.33. The molecule has 0 aliphatic rings. The first-order chi connectivity index (χ1) is 10.7. The molecular weight excluding hydrogens is 308 g/mol. The first-order valence-corrected chi connectivity index (χ1v) is 6.90. The van der Waals surface area contributed by atoms with Crippen LogP contribution in [-0.2, 0) is 0 Å². The van der Waals surface area contributed by atoms with Crippen LogP contribution in [0.25, 0.3) is 0 Å². The number of furan rings is 1. The van der Waals surface area contributed by atoms with Gasteiger partial charge in [-0.15, -0.1) is 0 Å². The molecule has 0 saturated carbocycles. The van der Waals surface area contributed by atoms with Crippen LogP contribution in [0.4, 0.5) is 0 Å². The third kappa shape index (κ3) is 3.79. The van der Waals surface area contributed by atoms with Crippen molar-refractivity contribution in [2.24, 2.45) is 5.10 Å². The molecule has 0 aliphatic carbocycles. The predicted molar refractivity (Wildman–Crippen MR) is 82.9 cm³/mol. The van der Waals surface area contributed by atoms with Gasteiger partial charge in [-0.05, 0) is 36.8 Å². The third-order valence-electron chi connectivity index (χ3n) is 2.67. The fourth-order valence-corrected chi connectivity index (χ4v) is 2.00. The number of ether oxygens (including phenoxy) is 2. The lowest BCUT2D eigenvalue weighted by Crippen LogP contribution is -2.16. The van der Waals surface area contributed by atoms with Crippen LogP contribution in [0.3, 0.4) is 0 Å². The first-order valence-electron chi connectivity index (χ1n) is 6.53. The van der Waals surface area contributed by atoms with Crippen LogP contribution in [0.15, 0.2) is 40.0 Å². The minimum Gasteiger partial charge on any atom is -0.493 e. The summed E-state index contributed by atoms with van der Waals surface area (Å²) in [4.78, 5) is 11.6. The van der Waals surface area contributed by atoms with Gasteiger partial charge in [-0.3, -0.25) is 4.79 Å². The number of carbonyl (C=O) groups is 1. The average molecular weight is 323 g/mol. The van der Waals surface area contributed by atoms with E-state index in [0.717, 1.165) is 0 Å². The molecule has 2 rings (SSSR count). The van der Waals surface area contributed by atoms with Crippen molar-refractivity contribution >= 4 is 23.7 Å². The molecule has 0 spiro atoms.